The van der Waals surface area contributed by atoms with E-state index < -0.39 is 5.97 Å². The standard InChI is InChI=1S/C8H14N3O4P/c12-6-3-4-7(13)11(6)15-8(14)2-1-5-9-10-16/h3-4,9-10,12-13H,1-2,5,16H2. The third-order valence-corrected chi connectivity index (χ3v) is 1.98. The van der Waals surface area contributed by atoms with Crippen LogP contribution in [0.2, 0.25) is 0 Å². The monoisotopic (exact) mass is 247 g/mol. The van der Waals surface area contributed by atoms with Crippen molar-refractivity contribution in [3.63, 3.8) is 0 Å². The van der Waals surface area contributed by atoms with Crippen molar-refractivity contribution in [2.45, 2.75) is 12.8 Å². The Kier molecular flexibility index (Phi) is 5.04. The van der Waals surface area contributed by atoms with Gasteiger partial charge in [0.15, 0.2) is 0 Å². The van der Waals surface area contributed by atoms with Gasteiger partial charge in [-0.1, -0.05) is 9.39 Å². The molecule has 0 radical (unpaired) electrons. The molecule has 0 aromatic carbocycles. The number of carbonyl (C=O) groups is 1. The van der Waals surface area contributed by atoms with Crippen LogP contribution >= 0.6 is 9.39 Å². The molecule has 1 rings (SSSR count). The van der Waals surface area contributed by atoms with Gasteiger partial charge in [-0.2, -0.15) is 0 Å². The van der Waals surface area contributed by atoms with Gasteiger partial charge in [-0.25, -0.2) is 9.99 Å². The first-order valence-corrected chi connectivity index (χ1v) is 5.22. The molecule has 0 spiro atoms. The number of nitrogens with one attached hydrogen (secondary N) is 2. The Balaban J connectivity index is 2.34. The highest BCUT2D eigenvalue weighted by atomic mass is 31.0. The number of nitrogens with zero attached hydrogens (tertiary/aromatic N) is 1. The minimum Gasteiger partial charge on any atom is -0.492 e. The summed E-state index contributed by atoms with van der Waals surface area (Å²) in [6.07, 6.45) is 0.749. The maximum atomic E-state index is 11.3. The molecule has 8 heteroatoms. The average molecular weight is 247 g/mol. The Hall–Kier alpha value is -1.30. The third kappa shape index (κ3) is 3.69. The number of rotatable bonds is 6. The van der Waals surface area contributed by atoms with Crippen molar-refractivity contribution in [3.8, 4) is 11.8 Å². The summed E-state index contributed by atoms with van der Waals surface area (Å²) in [5.74, 6) is -1.18. The molecule has 1 aromatic rings. The maximum Gasteiger partial charge on any atom is 0.333 e. The van der Waals surface area contributed by atoms with E-state index in [1.54, 1.807) is 0 Å². The topological polar surface area (TPSA) is 95.8 Å². The fourth-order valence-electron chi connectivity index (χ4n) is 1.04. The molecular formula is C8H14N3O4P. The van der Waals surface area contributed by atoms with Crippen molar-refractivity contribution in [1.29, 1.82) is 0 Å². The van der Waals surface area contributed by atoms with Crippen molar-refractivity contribution in [3.05, 3.63) is 12.1 Å². The van der Waals surface area contributed by atoms with Gasteiger partial charge in [-0.05, 0) is 6.42 Å². The van der Waals surface area contributed by atoms with E-state index in [2.05, 4.69) is 20.0 Å². The highest BCUT2D eigenvalue weighted by Gasteiger charge is 2.11. The van der Waals surface area contributed by atoms with E-state index >= 15 is 0 Å². The summed E-state index contributed by atoms with van der Waals surface area (Å²) in [6, 6.07) is 2.45. The van der Waals surface area contributed by atoms with E-state index in [-0.39, 0.29) is 18.2 Å². The van der Waals surface area contributed by atoms with Crippen LogP contribution in [0.3, 0.4) is 0 Å². The Morgan fingerprint density at radius 3 is 2.62 bits per heavy atom. The van der Waals surface area contributed by atoms with E-state index in [9.17, 15) is 15.0 Å². The normalized spacial score (nSPS) is 10.3. The molecule has 0 aliphatic carbocycles. The van der Waals surface area contributed by atoms with Crippen LogP contribution in [-0.4, -0.2) is 27.5 Å². The first kappa shape index (κ1) is 12.8. The molecule has 1 unspecified atom stereocenters. The van der Waals surface area contributed by atoms with Crippen LogP contribution in [0.25, 0.3) is 0 Å². The highest BCUT2D eigenvalue weighted by molar-refractivity contribution is 7.13. The van der Waals surface area contributed by atoms with E-state index in [0.717, 1.165) is 0 Å². The van der Waals surface area contributed by atoms with Gasteiger partial charge in [-0.3, -0.25) is 5.43 Å². The van der Waals surface area contributed by atoms with Crippen LogP contribution < -0.4 is 15.5 Å². The van der Waals surface area contributed by atoms with Crippen molar-refractivity contribution in [1.82, 2.24) is 15.4 Å². The molecule has 0 fully saturated rings. The smallest absolute Gasteiger partial charge is 0.333 e. The van der Waals surface area contributed by atoms with Crippen LogP contribution in [0, 0.1) is 0 Å². The molecule has 0 bridgehead atoms. The second kappa shape index (κ2) is 6.32. The molecule has 1 heterocycles. The predicted octanol–water partition coefficient (Wildman–Crippen LogP) is -0.481. The van der Waals surface area contributed by atoms with E-state index in [0.29, 0.717) is 17.7 Å². The second-order valence-corrected chi connectivity index (χ2v) is 3.27. The fourth-order valence-corrected chi connectivity index (χ4v) is 1.18. The Labute approximate surface area is 94.6 Å². The van der Waals surface area contributed by atoms with Gasteiger partial charge < -0.3 is 15.1 Å². The molecule has 0 aliphatic rings. The molecular weight excluding hydrogens is 233 g/mol. The number of aromatic nitrogens is 1. The van der Waals surface area contributed by atoms with E-state index in [1.807, 2.05) is 0 Å². The molecule has 90 valence electrons. The SMILES string of the molecule is O=C(CCCNNP)On1c(O)ccc1O. The van der Waals surface area contributed by atoms with Crippen LogP contribution in [0.4, 0.5) is 0 Å². The van der Waals surface area contributed by atoms with E-state index in [1.165, 1.54) is 12.1 Å². The van der Waals surface area contributed by atoms with E-state index in [4.69, 9.17) is 4.84 Å². The van der Waals surface area contributed by atoms with Crippen molar-refractivity contribution < 1.29 is 19.8 Å². The Bertz CT molecular complexity index is 336. The number of hydrogen-bond donors (Lipinski definition) is 4. The average Bonchev–Trinajstić information content (AvgIpc) is 2.56. The number of hydrazine groups is 1. The Morgan fingerprint density at radius 1 is 1.44 bits per heavy atom. The zero-order valence-electron chi connectivity index (χ0n) is 8.51. The maximum absolute atomic E-state index is 11.3. The van der Waals surface area contributed by atoms with Crippen molar-refractivity contribution >= 4 is 15.4 Å². The molecule has 4 N–H and O–H groups in total. The lowest BCUT2D eigenvalue weighted by atomic mass is 10.3. The lowest BCUT2D eigenvalue weighted by Crippen LogP contribution is -2.25. The number of aromatic hydroxyl groups is 2. The first-order valence-electron chi connectivity index (χ1n) is 4.64. The summed E-state index contributed by atoms with van der Waals surface area (Å²) >= 11 is 0. The lowest BCUT2D eigenvalue weighted by Gasteiger charge is -2.06. The summed E-state index contributed by atoms with van der Waals surface area (Å²) in [4.78, 5) is 16.0. The fraction of sp³-hybridized carbons (Fsp3) is 0.375. The summed E-state index contributed by atoms with van der Waals surface area (Å²) < 4.78 is 0.670. The minimum absolute atomic E-state index is 0.177. The van der Waals surface area contributed by atoms with Gasteiger partial charge in [0.1, 0.15) is 0 Å². The largest absolute Gasteiger partial charge is 0.492 e. The van der Waals surface area contributed by atoms with Crippen LogP contribution in [0.1, 0.15) is 12.8 Å². The van der Waals surface area contributed by atoms with Gasteiger partial charge in [0.2, 0.25) is 11.8 Å². The van der Waals surface area contributed by atoms with Gasteiger partial charge >= 0.3 is 5.97 Å². The zero-order chi connectivity index (χ0) is 12.0. The molecule has 7 nitrogen and oxygen atoms in total. The summed E-state index contributed by atoms with van der Waals surface area (Å²) in [5, 5.41) is 21.0. The van der Waals surface area contributed by atoms with Crippen molar-refractivity contribution in [2.24, 2.45) is 0 Å². The van der Waals surface area contributed by atoms with Crippen LogP contribution in [0.15, 0.2) is 12.1 Å². The number of carbonyl (C=O) groups excluding carboxylic acids is 1. The van der Waals surface area contributed by atoms with Gasteiger partial charge in [0, 0.05) is 25.1 Å². The van der Waals surface area contributed by atoms with Gasteiger partial charge in [-0.15, -0.1) is 4.73 Å². The molecule has 0 amide bonds. The third-order valence-electron chi connectivity index (χ3n) is 1.78. The van der Waals surface area contributed by atoms with Gasteiger partial charge in [0.25, 0.3) is 0 Å². The molecule has 16 heavy (non-hydrogen) atoms. The molecule has 0 saturated carbocycles. The molecule has 0 saturated heterocycles. The lowest BCUT2D eigenvalue weighted by molar-refractivity contribution is -0.145. The van der Waals surface area contributed by atoms with Crippen molar-refractivity contribution in [2.75, 3.05) is 6.54 Å². The summed E-state index contributed by atoms with van der Waals surface area (Å²) in [7, 11) is 2.27. The molecule has 1 aromatic heterocycles. The second-order valence-electron chi connectivity index (χ2n) is 2.98. The summed E-state index contributed by atoms with van der Waals surface area (Å²) in [6.45, 7) is 0.599. The van der Waals surface area contributed by atoms with Crippen LogP contribution in [0.5, 0.6) is 11.8 Å². The Morgan fingerprint density at radius 2 is 2.06 bits per heavy atom. The highest BCUT2D eigenvalue weighted by Crippen LogP contribution is 2.18. The predicted molar refractivity (Wildman–Crippen MR) is 59.4 cm³/mol. The summed E-state index contributed by atoms with van der Waals surface area (Å²) in [5.41, 5.74) is 2.78. The number of hydrogen-bond acceptors (Lipinski definition) is 6. The zero-order valence-corrected chi connectivity index (χ0v) is 9.67. The minimum atomic E-state index is -0.535. The quantitative estimate of drug-likeness (QED) is 0.308. The first-order chi connectivity index (χ1) is 7.65. The molecule has 0 aliphatic heterocycles. The van der Waals surface area contributed by atoms with Crippen LogP contribution in [-0.2, 0) is 4.79 Å². The molecule has 1 atom stereocenters. The van der Waals surface area contributed by atoms with Gasteiger partial charge in [0.05, 0.1) is 0 Å².